The molecule has 2 atom stereocenters. The zero-order valence-electron chi connectivity index (χ0n) is 10.5. The Labute approximate surface area is 94.8 Å². The summed E-state index contributed by atoms with van der Waals surface area (Å²) in [5.74, 6) is 6.76. The van der Waals surface area contributed by atoms with Gasteiger partial charge in [-0.05, 0) is 37.5 Å². The molecule has 0 aliphatic heterocycles. The fraction of sp³-hybridized carbons (Fsp3) is 0.857. The monoisotopic (exact) mass is 207 g/mol. The van der Waals surface area contributed by atoms with Gasteiger partial charge in [0.05, 0.1) is 0 Å². The normalized spacial score (nSPS) is 26.5. The lowest BCUT2D eigenvalue weighted by atomic mass is 9.65. The van der Waals surface area contributed by atoms with Crippen molar-refractivity contribution in [3.05, 3.63) is 0 Å². The fourth-order valence-electron chi connectivity index (χ4n) is 2.88. The van der Waals surface area contributed by atoms with Crippen molar-refractivity contribution in [1.82, 2.24) is 0 Å². The average molecular weight is 207 g/mol. The molecule has 86 valence electrons. The van der Waals surface area contributed by atoms with Gasteiger partial charge in [0.2, 0.25) is 0 Å². The molecule has 0 bridgehead atoms. The van der Waals surface area contributed by atoms with E-state index in [-0.39, 0.29) is 0 Å². The molecule has 1 rings (SSSR count). The van der Waals surface area contributed by atoms with Crippen LogP contribution in [0.5, 0.6) is 0 Å². The number of hydrogen-bond acceptors (Lipinski definition) is 1. The van der Waals surface area contributed by atoms with E-state index in [1.165, 1.54) is 25.7 Å². The average Bonchev–Trinajstić information content (AvgIpc) is 2.17. The minimum atomic E-state index is 0.348. The molecule has 2 unspecified atom stereocenters. The Hall–Kier alpha value is -0.480. The molecule has 0 aromatic rings. The zero-order valence-corrected chi connectivity index (χ0v) is 10.5. The van der Waals surface area contributed by atoms with E-state index >= 15 is 0 Å². The summed E-state index contributed by atoms with van der Waals surface area (Å²) in [5.41, 5.74) is 6.74. The highest BCUT2D eigenvalue weighted by atomic mass is 14.7. The molecule has 1 saturated carbocycles. The van der Waals surface area contributed by atoms with Gasteiger partial charge in [0.15, 0.2) is 0 Å². The van der Waals surface area contributed by atoms with Crippen LogP contribution >= 0.6 is 0 Å². The highest BCUT2D eigenvalue weighted by Gasteiger charge is 2.35. The topological polar surface area (TPSA) is 26.0 Å². The van der Waals surface area contributed by atoms with E-state index in [2.05, 4.69) is 25.7 Å². The minimum Gasteiger partial charge on any atom is -0.327 e. The van der Waals surface area contributed by atoms with Crippen molar-refractivity contribution in [3.8, 4) is 11.8 Å². The maximum Gasteiger partial charge on any atom is 0.0103 e. The van der Waals surface area contributed by atoms with E-state index in [1.807, 2.05) is 6.92 Å². The van der Waals surface area contributed by atoms with Crippen molar-refractivity contribution in [1.29, 1.82) is 0 Å². The van der Waals surface area contributed by atoms with Crippen LogP contribution in [0.4, 0.5) is 0 Å². The molecule has 0 amide bonds. The summed E-state index contributed by atoms with van der Waals surface area (Å²) in [5, 5.41) is 0. The molecule has 1 nitrogen and oxygen atoms in total. The summed E-state index contributed by atoms with van der Waals surface area (Å²) in [6.45, 7) is 6.65. The van der Waals surface area contributed by atoms with Crippen molar-refractivity contribution < 1.29 is 0 Å². The first-order chi connectivity index (χ1) is 7.08. The summed E-state index contributed by atoms with van der Waals surface area (Å²) < 4.78 is 0. The molecule has 2 N–H and O–H groups in total. The summed E-state index contributed by atoms with van der Waals surface area (Å²) >= 11 is 0. The third-order valence-electron chi connectivity index (χ3n) is 3.89. The lowest BCUT2D eigenvalue weighted by Crippen LogP contribution is -2.41. The molecular formula is C14H25N. The molecule has 1 aliphatic carbocycles. The van der Waals surface area contributed by atoms with Crippen LogP contribution in [0.15, 0.2) is 0 Å². The van der Waals surface area contributed by atoms with E-state index < -0.39 is 0 Å². The summed E-state index contributed by atoms with van der Waals surface area (Å²) in [4.78, 5) is 0. The van der Waals surface area contributed by atoms with Crippen molar-refractivity contribution >= 4 is 0 Å². The predicted molar refractivity (Wildman–Crippen MR) is 66.4 cm³/mol. The highest BCUT2D eigenvalue weighted by Crippen LogP contribution is 2.42. The third kappa shape index (κ3) is 3.54. The minimum absolute atomic E-state index is 0.348. The Kier molecular flexibility index (Phi) is 4.67. The second kappa shape index (κ2) is 5.56. The van der Waals surface area contributed by atoms with Gasteiger partial charge in [0.25, 0.3) is 0 Å². The smallest absolute Gasteiger partial charge is 0.0103 e. The SMILES string of the molecule is CC#CCCC(N)C1CCCCC1(C)C. The van der Waals surface area contributed by atoms with E-state index in [0.717, 1.165) is 12.8 Å². The maximum absolute atomic E-state index is 6.30. The predicted octanol–water partition coefficient (Wildman–Crippen LogP) is 3.33. The van der Waals surface area contributed by atoms with Crippen LogP contribution in [0.2, 0.25) is 0 Å². The fourth-order valence-corrected chi connectivity index (χ4v) is 2.88. The summed E-state index contributed by atoms with van der Waals surface area (Å²) in [7, 11) is 0. The van der Waals surface area contributed by atoms with Gasteiger partial charge in [-0.1, -0.05) is 26.7 Å². The quantitative estimate of drug-likeness (QED) is 0.706. The Bertz CT molecular complexity index is 244. The van der Waals surface area contributed by atoms with E-state index in [1.54, 1.807) is 0 Å². The molecule has 0 radical (unpaired) electrons. The molecule has 0 spiro atoms. The van der Waals surface area contributed by atoms with Crippen LogP contribution in [0, 0.1) is 23.2 Å². The van der Waals surface area contributed by atoms with Gasteiger partial charge in [0, 0.05) is 12.5 Å². The largest absolute Gasteiger partial charge is 0.327 e. The molecule has 0 heterocycles. The highest BCUT2D eigenvalue weighted by molar-refractivity contribution is 4.97. The zero-order chi connectivity index (χ0) is 11.3. The molecule has 0 aromatic carbocycles. The summed E-state index contributed by atoms with van der Waals surface area (Å²) in [6, 6.07) is 0.348. The molecule has 15 heavy (non-hydrogen) atoms. The number of nitrogens with two attached hydrogens (primary N) is 1. The molecule has 1 aliphatic rings. The first-order valence-corrected chi connectivity index (χ1v) is 6.23. The standard InChI is InChI=1S/C14H25N/c1-4-5-6-10-13(15)12-9-7-8-11-14(12,2)3/h12-13H,6-11,15H2,1-3H3. The van der Waals surface area contributed by atoms with Crippen LogP contribution in [-0.4, -0.2) is 6.04 Å². The van der Waals surface area contributed by atoms with Gasteiger partial charge in [-0.3, -0.25) is 0 Å². The molecule has 0 aromatic heterocycles. The maximum atomic E-state index is 6.30. The van der Waals surface area contributed by atoms with Crippen molar-refractivity contribution in [3.63, 3.8) is 0 Å². The van der Waals surface area contributed by atoms with Crippen LogP contribution in [0.25, 0.3) is 0 Å². The molecule has 1 fully saturated rings. The Morgan fingerprint density at radius 1 is 1.40 bits per heavy atom. The number of hydrogen-bond donors (Lipinski definition) is 1. The van der Waals surface area contributed by atoms with Crippen molar-refractivity contribution in [2.75, 3.05) is 0 Å². The van der Waals surface area contributed by atoms with Gasteiger partial charge < -0.3 is 5.73 Å². The van der Waals surface area contributed by atoms with Gasteiger partial charge >= 0.3 is 0 Å². The van der Waals surface area contributed by atoms with E-state index in [0.29, 0.717) is 17.4 Å². The lowest BCUT2D eigenvalue weighted by molar-refractivity contribution is 0.110. The van der Waals surface area contributed by atoms with Gasteiger partial charge in [-0.2, -0.15) is 0 Å². The Balaban J connectivity index is 2.47. The van der Waals surface area contributed by atoms with Gasteiger partial charge in [-0.15, -0.1) is 11.8 Å². The van der Waals surface area contributed by atoms with E-state index in [9.17, 15) is 0 Å². The van der Waals surface area contributed by atoms with Crippen LogP contribution in [-0.2, 0) is 0 Å². The van der Waals surface area contributed by atoms with Crippen LogP contribution in [0.3, 0.4) is 0 Å². The van der Waals surface area contributed by atoms with Crippen LogP contribution in [0.1, 0.15) is 59.3 Å². The second-order valence-electron chi connectivity index (χ2n) is 5.47. The Morgan fingerprint density at radius 3 is 2.73 bits per heavy atom. The lowest BCUT2D eigenvalue weighted by Gasteiger charge is -2.42. The van der Waals surface area contributed by atoms with E-state index in [4.69, 9.17) is 5.73 Å². The first-order valence-electron chi connectivity index (χ1n) is 6.23. The number of rotatable bonds is 3. The molecular weight excluding hydrogens is 182 g/mol. The van der Waals surface area contributed by atoms with Crippen LogP contribution < -0.4 is 5.73 Å². The third-order valence-corrected chi connectivity index (χ3v) is 3.89. The molecule has 1 heteroatoms. The first kappa shape index (κ1) is 12.6. The summed E-state index contributed by atoms with van der Waals surface area (Å²) in [6.07, 6.45) is 7.42. The second-order valence-corrected chi connectivity index (χ2v) is 5.47. The van der Waals surface area contributed by atoms with Crippen molar-refractivity contribution in [2.45, 2.75) is 65.3 Å². The molecule has 0 saturated heterocycles. The van der Waals surface area contributed by atoms with Gasteiger partial charge in [0.1, 0.15) is 0 Å². The van der Waals surface area contributed by atoms with Gasteiger partial charge in [-0.25, -0.2) is 0 Å². The van der Waals surface area contributed by atoms with Crippen molar-refractivity contribution in [2.24, 2.45) is 17.1 Å². The Morgan fingerprint density at radius 2 is 2.13 bits per heavy atom.